The zero-order chi connectivity index (χ0) is 18.1. The fourth-order valence-electron chi connectivity index (χ4n) is 2.77. The number of aromatic nitrogens is 5. The average molecular weight is 359 g/mol. The third kappa shape index (κ3) is 2.92. The molecule has 8 heteroatoms. The zero-order valence-corrected chi connectivity index (χ0v) is 14.9. The van der Waals surface area contributed by atoms with E-state index in [0.717, 1.165) is 40.4 Å². The highest BCUT2D eigenvalue weighted by Gasteiger charge is 2.19. The number of anilines is 1. The molecule has 0 spiro atoms. The minimum Gasteiger partial charge on any atom is -0.400 e. The third-order valence-corrected chi connectivity index (χ3v) is 4.08. The molecular formula is C17H19ClN6O. The average Bonchev–Trinajstić information content (AvgIpc) is 3.18. The van der Waals surface area contributed by atoms with Gasteiger partial charge in [0.15, 0.2) is 5.65 Å². The molecule has 0 fully saturated rings. The Kier molecular flexibility index (Phi) is 4.61. The lowest BCUT2D eigenvalue weighted by Crippen LogP contribution is -2.04. The standard InChI is InChI=1S/C16H15ClN6.CH4O/c1-8(2)23-16-13(15(18)19-7-20-16)14(22-23)12-5-9-3-4-10(17)6-11(9)21-12;1-2/h3-8,21H,1-2H3,(H2,18,19,20);2H,1H3. The van der Waals surface area contributed by atoms with Crippen molar-refractivity contribution in [2.75, 3.05) is 12.8 Å². The Labute approximate surface area is 149 Å². The van der Waals surface area contributed by atoms with E-state index in [0.29, 0.717) is 10.8 Å². The molecule has 0 atom stereocenters. The molecular weight excluding hydrogens is 340 g/mol. The number of rotatable bonds is 2. The summed E-state index contributed by atoms with van der Waals surface area (Å²) < 4.78 is 1.86. The van der Waals surface area contributed by atoms with Gasteiger partial charge in [0, 0.05) is 29.1 Å². The Balaban J connectivity index is 0.000000880. The van der Waals surface area contributed by atoms with Crippen molar-refractivity contribution < 1.29 is 5.11 Å². The number of nitrogens with two attached hydrogens (primary N) is 1. The lowest BCUT2D eigenvalue weighted by atomic mass is 10.2. The maximum atomic E-state index is 7.00. The fourth-order valence-corrected chi connectivity index (χ4v) is 2.94. The maximum Gasteiger partial charge on any atom is 0.164 e. The summed E-state index contributed by atoms with van der Waals surface area (Å²) in [5, 5.41) is 14.2. The fraction of sp³-hybridized carbons (Fsp3) is 0.235. The molecule has 25 heavy (non-hydrogen) atoms. The van der Waals surface area contributed by atoms with Gasteiger partial charge in [0.05, 0.1) is 11.1 Å². The summed E-state index contributed by atoms with van der Waals surface area (Å²) in [6.45, 7) is 4.11. The summed E-state index contributed by atoms with van der Waals surface area (Å²) >= 11 is 6.06. The highest BCUT2D eigenvalue weighted by molar-refractivity contribution is 6.31. The van der Waals surface area contributed by atoms with Gasteiger partial charge < -0.3 is 15.8 Å². The van der Waals surface area contributed by atoms with Crippen LogP contribution in [0.5, 0.6) is 0 Å². The lowest BCUT2D eigenvalue weighted by Gasteiger charge is -2.05. The van der Waals surface area contributed by atoms with Crippen molar-refractivity contribution in [3.63, 3.8) is 0 Å². The van der Waals surface area contributed by atoms with E-state index < -0.39 is 0 Å². The van der Waals surface area contributed by atoms with E-state index in [1.54, 1.807) is 0 Å². The SMILES string of the molecule is CC(C)n1nc(-c2cc3ccc(Cl)cc3[nH]2)c2c(N)ncnc21.CO. The zero-order valence-electron chi connectivity index (χ0n) is 14.2. The number of H-pyrrole nitrogens is 1. The first-order chi connectivity index (χ1) is 12.0. The first kappa shape index (κ1) is 17.2. The van der Waals surface area contributed by atoms with Crippen LogP contribution in [0.15, 0.2) is 30.6 Å². The molecule has 0 bridgehead atoms. The van der Waals surface area contributed by atoms with Crippen LogP contribution in [0.1, 0.15) is 19.9 Å². The van der Waals surface area contributed by atoms with E-state index in [2.05, 4.69) is 28.8 Å². The second-order valence-electron chi connectivity index (χ2n) is 5.76. The number of benzene rings is 1. The van der Waals surface area contributed by atoms with E-state index in [1.807, 2.05) is 28.9 Å². The molecule has 7 nitrogen and oxygen atoms in total. The van der Waals surface area contributed by atoms with Gasteiger partial charge in [-0.05, 0) is 32.0 Å². The first-order valence-corrected chi connectivity index (χ1v) is 8.14. The number of nitrogens with one attached hydrogen (secondary N) is 1. The summed E-state index contributed by atoms with van der Waals surface area (Å²) in [4.78, 5) is 11.8. The van der Waals surface area contributed by atoms with Gasteiger partial charge in [0.1, 0.15) is 17.8 Å². The molecule has 0 amide bonds. The van der Waals surface area contributed by atoms with E-state index in [-0.39, 0.29) is 6.04 Å². The van der Waals surface area contributed by atoms with Crippen LogP contribution in [-0.2, 0) is 0 Å². The Morgan fingerprint density at radius 1 is 1.20 bits per heavy atom. The van der Waals surface area contributed by atoms with Gasteiger partial charge in [0.2, 0.25) is 0 Å². The van der Waals surface area contributed by atoms with E-state index >= 15 is 0 Å². The summed E-state index contributed by atoms with van der Waals surface area (Å²) in [7, 11) is 1.00. The number of hydrogen-bond acceptors (Lipinski definition) is 5. The van der Waals surface area contributed by atoms with Crippen LogP contribution in [-0.4, -0.2) is 36.9 Å². The minimum atomic E-state index is 0.166. The molecule has 0 aliphatic carbocycles. The van der Waals surface area contributed by atoms with Crippen LogP contribution in [0.4, 0.5) is 5.82 Å². The van der Waals surface area contributed by atoms with Crippen LogP contribution in [0.2, 0.25) is 5.02 Å². The smallest absolute Gasteiger partial charge is 0.164 e. The summed E-state index contributed by atoms with van der Waals surface area (Å²) in [5.41, 5.74) is 9.39. The Bertz CT molecular complexity index is 1040. The topological polar surface area (TPSA) is 106 Å². The van der Waals surface area contributed by atoms with Crippen molar-refractivity contribution in [1.82, 2.24) is 24.7 Å². The Morgan fingerprint density at radius 3 is 2.68 bits per heavy atom. The number of nitrogens with zero attached hydrogens (tertiary/aromatic N) is 4. The Hall–Kier alpha value is -2.64. The van der Waals surface area contributed by atoms with E-state index in [1.165, 1.54) is 6.33 Å². The minimum absolute atomic E-state index is 0.166. The molecule has 0 aliphatic heterocycles. The normalized spacial score (nSPS) is 11.1. The van der Waals surface area contributed by atoms with E-state index in [9.17, 15) is 0 Å². The second kappa shape index (κ2) is 6.70. The van der Waals surface area contributed by atoms with Crippen LogP contribution in [0.3, 0.4) is 0 Å². The molecule has 130 valence electrons. The van der Waals surface area contributed by atoms with Crippen molar-refractivity contribution in [2.24, 2.45) is 0 Å². The number of aromatic amines is 1. The van der Waals surface area contributed by atoms with Crippen molar-refractivity contribution >= 4 is 39.4 Å². The van der Waals surface area contributed by atoms with Gasteiger partial charge in [-0.1, -0.05) is 17.7 Å². The molecule has 3 heterocycles. The predicted octanol–water partition coefficient (Wildman–Crippen LogP) is 3.40. The van der Waals surface area contributed by atoms with Gasteiger partial charge in [-0.25, -0.2) is 14.6 Å². The molecule has 0 unspecified atom stereocenters. The molecule has 4 rings (SSSR count). The van der Waals surface area contributed by atoms with Crippen LogP contribution >= 0.6 is 11.6 Å². The monoisotopic (exact) mass is 358 g/mol. The number of aliphatic hydroxyl groups is 1. The summed E-state index contributed by atoms with van der Waals surface area (Å²) in [6, 6.07) is 7.93. The summed E-state index contributed by atoms with van der Waals surface area (Å²) in [6.07, 6.45) is 1.47. The number of halogens is 1. The van der Waals surface area contributed by atoms with Crippen LogP contribution in [0.25, 0.3) is 33.3 Å². The number of hydrogen-bond donors (Lipinski definition) is 3. The van der Waals surface area contributed by atoms with Gasteiger partial charge in [0.25, 0.3) is 0 Å². The highest BCUT2D eigenvalue weighted by atomic mass is 35.5. The second-order valence-corrected chi connectivity index (χ2v) is 6.20. The lowest BCUT2D eigenvalue weighted by molar-refractivity contribution is 0.399. The third-order valence-electron chi connectivity index (χ3n) is 3.85. The summed E-state index contributed by atoms with van der Waals surface area (Å²) in [5.74, 6) is 0.425. The van der Waals surface area contributed by atoms with Crippen molar-refractivity contribution in [1.29, 1.82) is 0 Å². The van der Waals surface area contributed by atoms with Crippen molar-refractivity contribution in [3.05, 3.63) is 35.6 Å². The molecule has 1 aromatic carbocycles. The molecule has 4 N–H and O–H groups in total. The number of fused-ring (bicyclic) bond motifs is 2. The van der Waals surface area contributed by atoms with E-state index in [4.69, 9.17) is 27.5 Å². The molecule has 4 aromatic rings. The van der Waals surface area contributed by atoms with Crippen molar-refractivity contribution in [3.8, 4) is 11.4 Å². The molecule has 0 saturated carbocycles. The predicted molar refractivity (Wildman–Crippen MR) is 101 cm³/mol. The highest BCUT2D eigenvalue weighted by Crippen LogP contribution is 2.33. The van der Waals surface area contributed by atoms with Crippen molar-refractivity contribution in [2.45, 2.75) is 19.9 Å². The van der Waals surface area contributed by atoms with Crippen LogP contribution < -0.4 is 5.73 Å². The molecule has 0 radical (unpaired) electrons. The quantitative estimate of drug-likeness (QED) is 0.509. The number of aliphatic hydroxyl groups excluding tert-OH is 1. The first-order valence-electron chi connectivity index (χ1n) is 7.76. The van der Waals surface area contributed by atoms with Gasteiger partial charge in [-0.15, -0.1) is 0 Å². The molecule has 0 aliphatic rings. The molecule has 3 aromatic heterocycles. The van der Waals surface area contributed by atoms with Gasteiger partial charge in [-0.2, -0.15) is 5.10 Å². The Morgan fingerprint density at radius 2 is 1.96 bits per heavy atom. The van der Waals surface area contributed by atoms with Crippen LogP contribution in [0, 0.1) is 0 Å². The van der Waals surface area contributed by atoms with Gasteiger partial charge >= 0.3 is 0 Å². The molecule has 0 saturated heterocycles. The number of nitrogen functional groups attached to an aromatic ring is 1. The largest absolute Gasteiger partial charge is 0.400 e. The maximum absolute atomic E-state index is 7.00. The van der Waals surface area contributed by atoms with Gasteiger partial charge in [-0.3, -0.25) is 0 Å².